The first-order chi connectivity index (χ1) is 16.5. The fraction of sp³-hybridized carbons (Fsp3) is 0.435. The fourth-order valence-electron chi connectivity index (χ4n) is 5.22. The summed E-state index contributed by atoms with van der Waals surface area (Å²) in [6.07, 6.45) is -0.658. The molecule has 35 heavy (non-hydrogen) atoms. The van der Waals surface area contributed by atoms with Crippen LogP contribution in [0.25, 0.3) is 0 Å². The maximum absolute atomic E-state index is 13.0. The van der Waals surface area contributed by atoms with Crippen molar-refractivity contribution in [3.8, 4) is 0 Å². The normalized spacial score (nSPS) is 27.5. The Kier molecular flexibility index (Phi) is 5.64. The molecule has 8 nitrogen and oxygen atoms in total. The molecule has 12 heteroatoms. The van der Waals surface area contributed by atoms with Crippen LogP contribution in [0.2, 0.25) is 4.78 Å². The van der Waals surface area contributed by atoms with E-state index in [1.54, 1.807) is 25.3 Å². The maximum Gasteiger partial charge on any atom is 0.406 e. The van der Waals surface area contributed by atoms with E-state index in [9.17, 15) is 27.6 Å². The second-order valence-electron chi connectivity index (χ2n) is 9.37. The molecule has 1 aliphatic carbocycles. The number of carbonyl (C=O) groups is 3. The van der Waals surface area contributed by atoms with E-state index in [0.29, 0.717) is 24.4 Å². The average Bonchev–Trinajstić information content (AvgIpc) is 3.31. The number of carbonyl (C=O) groups excluding carboxylic acids is 3. The van der Waals surface area contributed by atoms with Crippen LogP contribution in [0.3, 0.4) is 0 Å². The van der Waals surface area contributed by atoms with Gasteiger partial charge in [0.1, 0.15) is 34.7 Å². The van der Waals surface area contributed by atoms with Gasteiger partial charge in [0.05, 0.1) is 11.0 Å². The molecule has 180 valence electrons. The summed E-state index contributed by atoms with van der Waals surface area (Å²) in [6, 6.07) is 3.54. The summed E-state index contributed by atoms with van der Waals surface area (Å²) < 4.78 is 38.7. The Bertz CT molecular complexity index is 1240. The highest BCUT2D eigenvalue weighted by Gasteiger charge is 2.52. The van der Waals surface area contributed by atoms with E-state index in [-0.39, 0.29) is 22.7 Å². The lowest BCUT2D eigenvalue weighted by Crippen LogP contribution is -2.59. The van der Waals surface area contributed by atoms with E-state index in [0.717, 1.165) is 16.0 Å². The molecule has 2 aliphatic heterocycles. The Balaban J connectivity index is 1.34. The zero-order valence-corrected chi connectivity index (χ0v) is 19.9. The molecule has 0 bridgehead atoms. The predicted octanol–water partition coefficient (Wildman–Crippen LogP) is 1.70. The van der Waals surface area contributed by atoms with Gasteiger partial charge in [0, 0.05) is 36.1 Å². The van der Waals surface area contributed by atoms with Crippen LogP contribution in [0.1, 0.15) is 40.5 Å². The summed E-state index contributed by atoms with van der Waals surface area (Å²) in [5, 5.41) is 5.40. The van der Waals surface area contributed by atoms with Gasteiger partial charge in [-0.3, -0.25) is 19.4 Å². The number of fused-ring (bicyclic) bond motifs is 3. The van der Waals surface area contributed by atoms with E-state index < -0.39 is 42.0 Å². The Morgan fingerprint density at radius 2 is 2.09 bits per heavy atom. The first-order valence-electron chi connectivity index (χ1n) is 11.2. The van der Waals surface area contributed by atoms with Crippen LogP contribution in [0, 0.1) is 0 Å². The topological polar surface area (TPSA) is 104 Å². The van der Waals surface area contributed by atoms with Gasteiger partial charge < -0.3 is 15.5 Å². The molecule has 1 saturated heterocycles. The predicted molar refractivity (Wildman–Crippen MR) is 119 cm³/mol. The Morgan fingerprint density at radius 3 is 2.83 bits per heavy atom. The van der Waals surface area contributed by atoms with Gasteiger partial charge in [-0.15, -0.1) is 0 Å². The quantitative estimate of drug-likeness (QED) is 0.626. The minimum absolute atomic E-state index is 0.173. The third-order valence-electron chi connectivity index (χ3n) is 7.13. The molecule has 0 aromatic carbocycles. The molecular formula is C23H21AlF3N5O3. The van der Waals surface area contributed by atoms with Crippen LogP contribution in [0.5, 0.6) is 0 Å². The van der Waals surface area contributed by atoms with Crippen LogP contribution >= 0.6 is 0 Å². The number of rotatable bonds is 3. The van der Waals surface area contributed by atoms with E-state index in [2.05, 4.69) is 36.9 Å². The van der Waals surface area contributed by atoms with Gasteiger partial charge in [-0.1, -0.05) is 10.8 Å². The van der Waals surface area contributed by atoms with Crippen molar-refractivity contribution in [1.82, 2.24) is 20.2 Å². The highest BCUT2D eigenvalue weighted by atomic mass is 27.0. The smallest absolute Gasteiger partial charge is 0.340 e. The second kappa shape index (κ2) is 8.31. The molecule has 4 atom stereocenters. The fourth-order valence-corrected chi connectivity index (χ4v) is 5.70. The Morgan fingerprint density at radius 1 is 1.31 bits per heavy atom. The van der Waals surface area contributed by atoms with Crippen molar-refractivity contribution in [1.29, 1.82) is 0 Å². The van der Waals surface area contributed by atoms with Gasteiger partial charge >= 0.3 is 6.18 Å². The molecule has 0 saturated carbocycles. The summed E-state index contributed by atoms with van der Waals surface area (Å²) >= 11 is 2.46. The first-order valence-corrected chi connectivity index (χ1v) is 11.8. The number of nitrogens with zero attached hydrogens (tertiary/aromatic N) is 3. The second-order valence-corrected chi connectivity index (χ2v) is 10.2. The zero-order valence-electron chi connectivity index (χ0n) is 18.7. The monoisotopic (exact) mass is 499 g/mol. The number of piperidine rings is 1. The average molecular weight is 499 g/mol. The lowest BCUT2D eigenvalue weighted by atomic mass is 9.80. The summed E-state index contributed by atoms with van der Waals surface area (Å²) in [5.74, 6) is -1.02. The number of pyridine rings is 2. The van der Waals surface area contributed by atoms with Gasteiger partial charge in [-0.2, -0.15) is 13.2 Å². The number of hydrogen-bond acceptors (Lipinski definition) is 5. The summed E-state index contributed by atoms with van der Waals surface area (Å²) in [7, 11) is 0. The minimum atomic E-state index is -4.54. The SMILES string of the molecule is C[C@@H]1[C@H]([Al])C[C@H](NC(=O)c2cnc3c(c2)C[C@@]2(C3)C(=O)Nc3ncccc32)C(=O)N1CC(F)(F)F. The highest BCUT2D eigenvalue weighted by molar-refractivity contribution is 6.13. The van der Waals surface area contributed by atoms with Crippen LogP contribution in [0.4, 0.5) is 19.0 Å². The van der Waals surface area contributed by atoms with Crippen LogP contribution < -0.4 is 10.6 Å². The molecule has 2 radical (unpaired) electrons. The van der Waals surface area contributed by atoms with Crippen molar-refractivity contribution in [3.63, 3.8) is 0 Å². The highest BCUT2D eigenvalue weighted by Crippen LogP contribution is 2.46. The van der Waals surface area contributed by atoms with Gasteiger partial charge in [0.2, 0.25) is 11.8 Å². The standard InChI is InChI=1S/C23H21F3N5O3.Al/c1-12-4-5-16(20(33)31(12)11-23(24,25)26)29-19(32)14-7-13-8-22(9-17(13)28-10-14)15-3-2-6-27-18(15)30-21(22)34;/h2-4,6-7,10,12,16H,5,8-9,11H2,1H3,(H,29,32)(H,27,30,34);/t12-,16+,22+;/m1./s1. The number of halogens is 3. The van der Waals surface area contributed by atoms with Gasteiger partial charge in [-0.25, -0.2) is 4.98 Å². The lowest BCUT2D eigenvalue weighted by Gasteiger charge is -2.42. The summed E-state index contributed by atoms with van der Waals surface area (Å²) in [5.41, 5.74) is 1.55. The molecule has 2 aromatic rings. The first kappa shape index (κ1) is 23.8. The zero-order chi connectivity index (χ0) is 25.1. The van der Waals surface area contributed by atoms with E-state index in [4.69, 9.17) is 0 Å². The van der Waals surface area contributed by atoms with Crippen molar-refractivity contribution in [2.45, 2.75) is 54.6 Å². The van der Waals surface area contributed by atoms with Crippen molar-refractivity contribution in [3.05, 3.63) is 53.0 Å². The number of aromatic nitrogens is 2. The van der Waals surface area contributed by atoms with Crippen LogP contribution in [-0.4, -0.2) is 73.7 Å². The molecule has 0 unspecified atom stereocenters. The number of nitrogens with one attached hydrogen (secondary N) is 2. The number of alkyl halides is 3. The van der Waals surface area contributed by atoms with Crippen molar-refractivity contribution in [2.75, 3.05) is 11.9 Å². The number of anilines is 1. The Labute approximate surface area is 207 Å². The molecule has 3 aliphatic rings. The molecule has 5 rings (SSSR count). The Hall–Kier alpha value is -2.97. The maximum atomic E-state index is 13.0. The number of amides is 3. The molecule has 2 aromatic heterocycles. The largest absolute Gasteiger partial charge is 0.406 e. The van der Waals surface area contributed by atoms with Crippen LogP contribution in [-0.2, 0) is 27.8 Å². The molecule has 1 spiro atoms. The van der Waals surface area contributed by atoms with Gasteiger partial charge in [0.25, 0.3) is 5.91 Å². The summed E-state index contributed by atoms with van der Waals surface area (Å²) in [4.78, 5) is 48.0. The minimum Gasteiger partial charge on any atom is -0.340 e. The van der Waals surface area contributed by atoms with Crippen molar-refractivity contribution >= 4 is 39.8 Å². The van der Waals surface area contributed by atoms with E-state index >= 15 is 0 Å². The van der Waals surface area contributed by atoms with Gasteiger partial charge in [0.15, 0.2) is 0 Å². The van der Waals surface area contributed by atoms with Crippen molar-refractivity contribution < 1.29 is 27.6 Å². The molecular weight excluding hydrogens is 478 g/mol. The molecule has 4 heterocycles. The number of likely N-dealkylation sites (tertiary alicyclic amines) is 1. The molecule has 2 N–H and O–H groups in total. The molecule has 3 amide bonds. The third-order valence-corrected chi connectivity index (χ3v) is 7.96. The van der Waals surface area contributed by atoms with Crippen LogP contribution in [0.15, 0.2) is 30.6 Å². The molecule has 1 fully saturated rings. The lowest BCUT2D eigenvalue weighted by molar-refractivity contribution is -0.169. The van der Waals surface area contributed by atoms with E-state index in [1.807, 2.05) is 6.07 Å². The van der Waals surface area contributed by atoms with Crippen molar-refractivity contribution in [2.24, 2.45) is 0 Å². The third kappa shape index (κ3) is 4.08. The van der Waals surface area contributed by atoms with Gasteiger partial charge in [-0.05, 0) is 37.5 Å². The van der Waals surface area contributed by atoms with E-state index in [1.165, 1.54) is 6.20 Å². The number of hydrogen-bond donors (Lipinski definition) is 2. The summed E-state index contributed by atoms with van der Waals surface area (Å²) in [6.45, 7) is 0.192.